The van der Waals surface area contributed by atoms with Crippen LogP contribution in [0.3, 0.4) is 0 Å². The molecule has 0 unspecified atom stereocenters. The Kier molecular flexibility index (Phi) is 8.45. The van der Waals surface area contributed by atoms with E-state index in [1.165, 1.54) is 6.07 Å². The summed E-state index contributed by atoms with van der Waals surface area (Å²) in [6, 6.07) is 4.66. The molecule has 0 aliphatic carbocycles. The van der Waals surface area contributed by atoms with E-state index in [0.717, 1.165) is 0 Å². The minimum atomic E-state index is -0.458. The highest BCUT2D eigenvalue weighted by atomic mass is 35.5. The van der Waals surface area contributed by atoms with Gasteiger partial charge in [-0.2, -0.15) is 0 Å². The molecule has 0 saturated heterocycles. The first kappa shape index (κ1) is 20.1. The molecule has 7 nitrogen and oxygen atoms in total. The van der Waals surface area contributed by atoms with Gasteiger partial charge in [0.2, 0.25) is 17.7 Å². The van der Waals surface area contributed by atoms with E-state index in [-0.39, 0.29) is 36.2 Å². The van der Waals surface area contributed by atoms with Crippen LogP contribution < -0.4 is 21.5 Å². The zero-order chi connectivity index (χ0) is 18.1. The molecule has 24 heavy (non-hydrogen) atoms. The van der Waals surface area contributed by atoms with E-state index in [2.05, 4.69) is 21.5 Å². The lowest BCUT2D eigenvalue weighted by Crippen LogP contribution is -2.48. The zero-order valence-corrected chi connectivity index (χ0v) is 15.1. The molecule has 4 N–H and O–H groups in total. The van der Waals surface area contributed by atoms with Gasteiger partial charge in [-0.15, -0.1) is 0 Å². The first-order chi connectivity index (χ1) is 11.3. The van der Waals surface area contributed by atoms with Crippen LogP contribution in [0.2, 0.25) is 10.0 Å². The fourth-order valence-corrected chi connectivity index (χ4v) is 2.09. The monoisotopic (exact) mass is 390 g/mol. The van der Waals surface area contributed by atoms with Gasteiger partial charge < -0.3 is 10.6 Å². The van der Waals surface area contributed by atoms with Crippen LogP contribution >= 0.6 is 35.4 Å². The number of rotatable bonds is 5. The van der Waals surface area contributed by atoms with Crippen molar-refractivity contribution in [2.45, 2.75) is 26.2 Å². The molecule has 130 valence electrons. The Hall–Kier alpha value is -1.90. The van der Waals surface area contributed by atoms with E-state index >= 15 is 0 Å². The molecule has 1 aromatic carbocycles. The van der Waals surface area contributed by atoms with Gasteiger partial charge in [0.25, 0.3) is 0 Å². The number of carbonyl (C=O) groups excluding carboxylic acids is 3. The van der Waals surface area contributed by atoms with Crippen molar-refractivity contribution in [1.82, 2.24) is 16.2 Å². The molecule has 0 aliphatic rings. The Balaban J connectivity index is 2.32. The summed E-state index contributed by atoms with van der Waals surface area (Å²) in [5, 5.41) is 5.67. The van der Waals surface area contributed by atoms with Crippen molar-refractivity contribution in [3.8, 4) is 0 Å². The summed E-state index contributed by atoms with van der Waals surface area (Å²) < 4.78 is 0. The maximum Gasteiger partial charge on any atom is 0.238 e. The largest absolute Gasteiger partial charge is 0.325 e. The van der Waals surface area contributed by atoms with Crippen LogP contribution in [0.15, 0.2) is 18.2 Å². The lowest BCUT2D eigenvalue weighted by molar-refractivity contribution is -0.124. The molecular formula is C14H16Cl2N4O3S. The van der Waals surface area contributed by atoms with Gasteiger partial charge in [0, 0.05) is 24.3 Å². The highest BCUT2D eigenvalue weighted by molar-refractivity contribution is 7.80. The van der Waals surface area contributed by atoms with Crippen molar-refractivity contribution >= 4 is 63.9 Å². The summed E-state index contributed by atoms with van der Waals surface area (Å²) in [4.78, 5) is 34.5. The SMILES string of the molecule is CCC(=O)NC(=S)NNC(=O)CCC(=O)Nc1ccc(Cl)cc1Cl. The molecule has 0 atom stereocenters. The van der Waals surface area contributed by atoms with Gasteiger partial charge in [0.1, 0.15) is 0 Å². The smallest absolute Gasteiger partial charge is 0.238 e. The molecular weight excluding hydrogens is 375 g/mol. The molecule has 0 fully saturated rings. The average Bonchev–Trinajstić information content (AvgIpc) is 2.53. The highest BCUT2D eigenvalue weighted by Gasteiger charge is 2.10. The Morgan fingerprint density at radius 2 is 1.71 bits per heavy atom. The summed E-state index contributed by atoms with van der Waals surface area (Å²) in [6.07, 6.45) is 0.137. The van der Waals surface area contributed by atoms with E-state index in [1.807, 2.05) is 0 Å². The summed E-state index contributed by atoms with van der Waals surface area (Å²) in [5.74, 6) is -1.11. The molecule has 0 aliphatic heterocycles. The molecule has 0 heterocycles. The molecule has 1 aromatic rings. The van der Waals surface area contributed by atoms with Gasteiger partial charge in [0.15, 0.2) is 5.11 Å². The first-order valence-electron chi connectivity index (χ1n) is 6.95. The molecule has 1 rings (SSSR count). The summed E-state index contributed by atoms with van der Waals surface area (Å²) in [7, 11) is 0. The van der Waals surface area contributed by atoms with E-state index in [9.17, 15) is 14.4 Å². The second kappa shape index (κ2) is 10.1. The van der Waals surface area contributed by atoms with E-state index < -0.39 is 5.91 Å². The Bertz CT molecular complexity index is 655. The van der Waals surface area contributed by atoms with Crippen molar-refractivity contribution in [2.24, 2.45) is 0 Å². The van der Waals surface area contributed by atoms with Gasteiger partial charge >= 0.3 is 0 Å². The lowest BCUT2D eigenvalue weighted by Gasteiger charge is -2.10. The third-order valence-corrected chi connectivity index (χ3v) is 3.43. The van der Waals surface area contributed by atoms with Crippen molar-refractivity contribution in [2.75, 3.05) is 5.32 Å². The Labute approximate surface area is 154 Å². The Morgan fingerprint density at radius 1 is 1.04 bits per heavy atom. The standard InChI is InChI=1S/C14H16Cl2N4O3S/c1-2-11(21)18-14(24)20-19-13(23)6-5-12(22)17-10-4-3-8(15)7-9(10)16/h3-4,7H,2,5-6H2,1H3,(H,17,22)(H,19,23)(H2,18,20,21,24). The minimum Gasteiger partial charge on any atom is -0.325 e. The zero-order valence-electron chi connectivity index (χ0n) is 12.7. The fourth-order valence-electron chi connectivity index (χ4n) is 1.47. The minimum absolute atomic E-state index is 0.0207. The maximum absolute atomic E-state index is 11.8. The molecule has 0 radical (unpaired) electrons. The second-order valence-electron chi connectivity index (χ2n) is 4.58. The number of carbonyl (C=O) groups is 3. The number of hydrazine groups is 1. The number of benzene rings is 1. The molecule has 10 heteroatoms. The van der Waals surface area contributed by atoms with Crippen LogP contribution in [0, 0.1) is 0 Å². The number of hydrogen-bond acceptors (Lipinski definition) is 4. The van der Waals surface area contributed by atoms with E-state index in [4.69, 9.17) is 35.4 Å². The molecule has 0 aromatic heterocycles. The predicted molar refractivity (Wildman–Crippen MR) is 96.6 cm³/mol. The quantitative estimate of drug-likeness (QED) is 0.455. The molecule has 3 amide bonds. The van der Waals surface area contributed by atoms with Crippen molar-refractivity contribution in [1.29, 1.82) is 0 Å². The number of amides is 3. The number of hydrogen-bond donors (Lipinski definition) is 4. The van der Waals surface area contributed by atoms with Gasteiger partial charge in [0.05, 0.1) is 10.7 Å². The van der Waals surface area contributed by atoms with Crippen LogP contribution in [0.4, 0.5) is 5.69 Å². The molecule has 0 saturated carbocycles. The van der Waals surface area contributed by atoms with Gasteiger partial charge in [-0.05, 0) is 30.4 Å². The number of anilines is 1. The van der Waals surface area contributed by atoms with Gasteiger partial charge in [-0.3, -0.25) is 25.2 Å². The van der Waals surface area contributed by atoms with E-state index in [0.29, 0.717) is 15.7 Å². The van der Waals surface area contributed by atoms with Crippen LogP contribution in [0.1, 0.15) is 26.2 Å². The molecule has 0 bridgehead atoms. The van der Waals surface area contributed by atoms with Crippen LogP contribution in [-0.2, 0) is 14.4 Å². The topological polar surface area (TPSA) is 99.3 Å². The summed E-state index contributed by atoms with van der Waals surface area (Å²) in [5.41, 5.74) is 5.06. The maximum atomic E-state index is 11.8. The van der Waals surface area contributed by atoms with Crippen LogP contribution in [0.5, 0.6) is 0 Å². The molecule has 0 spiro atoms. The summed E-state index contributed by atoms with van der Waals surface area (Å²) in [6.45, 7) is 1.67. The second-order valence-corrected chi connectivity index (χ2v) is 5.83. The van der Waals surface area contributed by atoms with Crippen molar-refractivity contribution in [3.05, 3.63) is 28.2 Å². The van der Waals surface area contributed by atoms with Gasteiger partial charge in [-0.1, -0.05) is 30.1 Å². The average molecular weight is 391 g/mol. The van der Waals surface area contributed by atoms with Crippen molar-refractivity contribution in [3.63, 3.8) is 0 Å². The normalized spacial score (nSPS) is 9.79. The van der Waals surface area contributed by atoms with E-state index in [1.54, 1.807) is 19.1 Å². The predicted octanol–water partition coefficient (Wildman–Crippen LogP) is 2.14. The first-order valence-corrected chi connectivity index (χ1v) is 8.11. The van der Waals surface area contributed by atoms with Crippen LogP contribution in [0.25, 0.3) is 0 Å². The third kappa shape index (κ3) is 7.58. The van der Waals surface area contributed by atoms with Crippen molar-refractivity contribution < 1.29 is 14.4 Å². The third-order valence-electron chi connectivity index (χ3n) is 2.67. The number of halogens is 2. The van der Waals surface area contributed by atoms with Crippen LogP contribution in [-0.4, -0.2) is 22.8 Å². The van der Waals surface area contributed by atoms with Gasteiger partial charge in [-0.25, -0.2) is 0 Å². The number of nitrogens with one attached hydrogen (secondary N) is 4. The summed E-state index contributed by atoms with van der Waals surface area (Å²) >= 11 is 16.5. The highest BCUT2D eigenvalue weighted by Crippen LogP contribution is 2.25. The lowest BCUT2D eigenvalue weighted by atomic mass is 10.2. The Morgan fingerprint density at radius 3 is 2.33 bits per heavy atom. The number of thiocarbonyl (C=S) groups is 1. The fraction of sp³-hybridized carbons (Fsp3) is 0.286.